The molecular weight excluding hydrogens is 429 g/mol. The van der Waals surface area contributed by atoms with Crippen LogP contribution in [0.2, 0.25) is 0 Å². The first-order valence-corrected chi connectivity index (χ1v) is 11.3. The highest BCUT2D eigenvalue weighted by atomic mass is 32.2. The lowest BCUT2D eigenvalue weighted by molar-refractivity contribution is -0.115. The van der Waals surface area contributed by atoms with Crippen molar-refractivity contribution < 1.29 is 13.9 Å². The number of benzene rings is 2. The maximum atomic E-state index is 13.1. The van der Waals surface area contributed by atoms with E-state index >= 15 is 0 Å². The molecule has 170 valence electrons. The molecule has 0 unspecified atom stereocenters. The number of hydrogen-bond donors (Lipinski definition) is 2. The number of thioether (sulfide) groups is 1. The molecule has 0 aliphatic heterocycles. The Hall–Kier alpha value is -3.07. The average molecular weight is 458 g/mol. The summed E-state index contributed by atoms with van der Waals surface area (Å²) in [5, 5.41) is 11.0. The second-order valence-electron chi connectivity index (χ2n) is 7.76. The van der Waals surface area contributed by atoms with Gasteiger partial charge in [-0.25, -0.2) is 9.07 Å². The lowest BCUT2D eigenvalue weighted by atomic mass is 10.0. The molecule has 1 atom stereocenters. The van der Waals surface area contributed by atoms with Gasteiger partial charge >= 0.3 is 0 Å². The van der Waals surface area contributed by atoms with Crippen LogP contribution in [0.25, 0.3) is 0 Å². The maximum Gasteiger partial charge on any atom is 0.237 e. The molecule has 0 aliphatic rings. The molecule has 0 spiro atoms. The van der Waals surface area contributed by atoms with Gasteiger partial charge in [0, 0.05) is 5.69 Å². The standard InChI is InChI=1S/C23H28FN5O2S/c1-5-20(22(30)26-17-9-7-16(24)8-10-17)32-23-28-27-21(29(23)25)13-31-19-12-15(4)6-11-18(19)14(2)3/h6-12,14,20H,5,13,25H2,1-4H3,(H,26,30)/t20-/m0/s1. The first-order chi connectivity index (χ1) is 15.3. The van der Waals surface area contributed by atoms with Crippen LogP contribution in [-0.2, 0) is 11.4 Å². The number of nitrogens with two attached hydrogens (primary N) is 1. The Morgan fingerprint density at radius 2 is 1.94 bits per heavy atom. The third-order valence-corrected chi connectivity index (χ3v) is 6.23. The van der Waals surface area contributed by atoms with Crippen molar-refractivity contribution in [2.24, 2.45) is 0 Å². The number of ether oxygens (including phenoxy) is 1. The van der Waals surface area contributed by atoms with E-state index in [1.165, 1.54) is 40.7 Å². The first kappa shape index (κ1) is 23.6. The van der Waals surface area contributed by atoms with Crippen molar-refractivity contribution in [1.29, 1.82) is 0 Å². The SMILES string of the molecule is CC[C@H](Sc1nnc(COc2cc(C)ccc2C(C)C)n1N)C(=O)Nc1ccc(F)cc1. The minimum Gasteiger partial charge on any atom is -0.485 e. The van der Waals surface area contributed by atoms with Gasteiger partial charge in [0.15, 0.2) is 5.82 Å². The van der Waals surface area contributed by atoms with Gasteiger partial charge in [-0.05, 0) is 60.7 Å². The number of nitrogen functional groups attached to an aromatic ring is 1. The van der Waals surface area contributed by atoms with E-state index in [0.29, 0.717) is 29.0 Å². The number of anilines is 1. The van der Waals surface area contributed by atoms with Crippen LogP contribution in [0, 0.1) is 12.7 Å². The second-order valence-corrected chi connectivity index (χ2v) is 8.93. The average Bonchev–Trinajstić information content (AvgIpc) is 3.11. The van der Waals surface area contributed by atoms with Crippen LogP contribution in [0.5, 0.6) is 5.75 Å². The van der Waals surface area contributed by atoms with Crippen LogP contribution in [0.4, 0.5) is 10.1 Å². The molecular formula is C23H28FN5O2S. The summed E-state index contributed by atoms with van der Waals surface area (Å²) >= 11 is 1.22. The summed E-state index contributed by atoms with van der Waals surface area (Å²) in [4.78, 5) is 12.6. The van der Waals surface area contributed by atoms with E-state index in [4.69, 9.17) is 10.6 Å². The molecule has 0 saturated heterocycles. The van der Waals surface area contributed by atoms with Crippen molar-refractivity contribution in [1.82, 2.24) is 14.9 Å². The van der Waals surface area contributed by atoms with E-state index in [0.717, 1.165) is 16.9 Å². The zero-order valence-electron chi connectivity index (χ0n) is 18.6. The molecule has 0 saturated carbocycles. The number of aryl methyl sites for hydroxylation is 1. The van der Waals surface area contributed by atoms with Crippen LogP contribution >= 0.6 is 11.8 Å². The Morgan fingerprint density at radius 3 is 2.59 bits per heavy atom. The summed E-state index contributed by atoms with van der Waals surface area (Å²) in [5.74, 6) is 7.18. The van der Waals surface area contributed by atoms with Gasteiger partial charge in [0.2, 0.25) is 11.1 Å². The molecule has 32 heavy (non-hydrogen) atoms. The van der Waals surface area contributed by atoms with Gasteiger partial charge in [-0.1, -0.05) is 44.7 Å². The number of nitrogens with zero attached hydrogens (tertiary/aromatic N) is 3. The van der Waals surface area contributed by atoms with Crippen molar-refractivity contribution in [3.05, 3.63) is 65.2 Å². The summed E-state index contributed by atoms with van der Waals surface area (Å²) in [6.07, 6.45) is 0.553. The molecule has 9 heteroatoms. The summed E-state index contributed by atoms with van der Waals surface area (Å²) in [5.41, 5.74) is 2.74. The Morgan fingerprint density at radius 1 is 1.22 bits per heavy atom. The zero-order valence-corrected chi connectivity index (χ0v) is 19.4. The molecule has 3 N–H and O–H groups in total. The molecule has 7 nitrogen and oxygen atoms in total. The van der Waals surface area contributed by atoms with Gasteiger partial charge < -0.3 is 15.9 Å². The zero-order chi connectivity index (χ0) is 23.3. The van der Waals surface area contributed by atoms with Gasteiger partial charge in [0.05, 0.1) is 5.25 Å². The molecule has 0 fully saturated rings. The van der Waals surface area contributed by atoms with Crippen molar-refractivity contribution >= 4 is 23.4 Å². The molecule has 1 heterocycles. The van der Waals surface area contributed by atoms with E-state index in [-0.39, 0.29) is 18.3 Å². The fourth-order valence-corrected chi connectivity index (χ4v) is 3.97. The number of rotatable bonds is 9. The predicted octanol–water partition coefficient (Wildman–Crippen LogP) is 4.65. The maximum absolute atomic E-state index is 13.1. The summed E-state index contributed by atoms with van der Waals surface area (Å²) in [7, 11) is 0. The normalized spacial score (nSPS) is 12.1. The van der Waals surface area contributed by atoms with Crippen LogP contribution in [-0.4, -0.2) is 26.0 Å². The van der Waals surface area contributed by atoms with E-state index in [1.807, 2.05) is 19.9 Å². The highest BCUT2D eigenvalue weighted by Gasteiger charge is 2.22. The molecule has 2 aromatic carbocycles. The smallest absolute Gasteiger partial charge is 0.237 e. The number of amides is 1. The summed E-state index contributed by atoms with van der Waals surface area (Å²) in [6, 6.07) is 11.7. The van der Waals surface area contributed by atoms with E-state index in [2.05, 4.69) is 41.5 Å². The largest absolute Gasteiger partial charge is 0.485 e. The summed E-state index contributed by atoms with van der Waals surface area (Å²) < 4.78 is 20.4. The van der Waals surface area contributed by atoms with Gasteiger partial charge in [-0.15, -0.1) is 10.2 Å². The number of hydrogen-bond acceptors (Lipinski definition) is 6. The van der Waals surface area contributed by atoms with Crippen LogP contribution in [0.1, 0.15) is 50.1 Å². The third kappa shape index (κ3) is 5.79. The molecule has 0 aliphatic carbocycles. The van der Waals surface area contributed by atoms with E-state index in [9.17, 15) is 9.18 Å². The molecule has 1 amide bonds. The van der Waals surface area contributed by atoms with Crippen LogP contribution < -0.4 is 15.9 Å². The molecule has 0 bridgehead atoms. The van der Waals surface area contributed by atoms with Crippen LogP contribution in [0.15, 0.2) is 47.6 Å². The monoisotopic (exact) mass is 457 g/mol. The Bertz CT molecular complexity index is 1070. The quantitative estimate of drug-likeness (QED) is 0.359. The minimum atomic E-state index is -0.440. The number of carbonyl (C=O) groups excluding carboxylic acids is 1. The minimum absolute atomic E-state index is 0.159. The fourth-order valence-electron chi connectivity index (χ4n) is 3.08. The van der Waals surface area contributed by atoms with Gasteiger partial charge in [-0.2, -0.15) is 0 Å². The van der Waals surface area contributed by atoms with Crippen molar-refractivity contribution in [3.8, 4) is 5.75 Å². The van der Waals surface area contributed by atoms with E-state index in [1.54, 1.807) is 0 Å². The number of halogens is 1. The molecule has 0 radical (unpaired) electrons. The molecule has 1 aromatic heterocycles. The Labute approximate surface area is 191 Å². The highest BCUT2D eigenvalue weighted by molar-refractivity contribution is 8.00. The van der Waals surface area contributed by atoms with Gasteiger partial charge in [0.1, 0.15) is 18.2 Å². The Balaban J connectivity index is 1.66. The fraction of sp³-hybridized carbons (Fsp3) is 0.348. The topological polar surface area (TPSA) is 95.1 Å². The van der Waals surface area contributed by atoms with Gasteiger partial charge in [-0.3, -0.25) is 4.79 Å². The number of aromatic nitrogens is 3. The lowest BCUT2D eigenvalue weighted by Gasteiger charge is -2.15. The van der Waals surface area contributed by atoms with Gasteiger partial charge in [0.25, 0.3) is 0 Å². The molecule has 3 rings (SSSR count). The van der Waals surface area contributed by atoms with Crippen molar-refractivity contribution in [2.75, 3.05) is 11.2 Å². The summed E-state index contributed by atoms with van der Waals surface area (Å²) in [6.45, 7) is 8.29. The number of carbonyl (C=O) groups is 1. The molecule has 3 aromatic rings. The van der Waals surface area contributed by atoms with E-state index < -0.39 is 5.25 Å². The first-order valence-electron chi connectivity index (χ1n) is 10.4. The third-order valence-electron chi connectivity index (χ3n) is 4.91. The Kier molecular flexibility index (Phi) is 7.74. The number of nitrogens with one attached hydrogen (secondary N) is 1. The van der Waals surface area contributed by atoms with Crippen molar-refractivity contribution in [3.63, 3.8) is 0 Å². The predicted molar refractivity (Wildman–Crippen MR) is 125 cm³/mol. The lowest BCUT2D eigenvalue weighted by Crippen LogP contribution is -2.26. The second kappa shape index (κ2) is 10.5. The van der Waals surface area contributed by atoms with Crippen molar-refractivity contribution in [2.45, 2.75) is 57.0 Å². The van der Waals surface area contributed by atoms with Crippen LogP contribution in [0.3, 0.4) is 0 Å². The highest BCUT2D eigenvalue weighted by Crippen LogP contribution is 2.29.